The SMILES string of the molecule is N#Cc1ccnc(NC2(CC(=O)O)CCCC2)c1. The summed E-state index contributed by atoms with van der Waals surface area (Å²) in [4.78, 5) is 15.1. The highest BCUT2D eigenvalue weighted by molar-refractivity contribution is 5.69. The van der Waals surface area contributed by atoms with Crippen molar-refractivity contribution < 1.29 is 9.90 Å². The summed E-state index contributed by atoms with van der Waals surface area (Å²) in [5.74, 6) is -0.224. The minimum atomic E-state index is -0.805. The van der Waals surface area contributed by atoms with Crippen LogP contribution >= 0.6 is 0 Å². The Morgan fingerprint density at radius 2 is 2.28 bits per heavy atom. The Morgan fingerprint density at radius 1 is 1.56 bits per heavy atom. The van der Waals surface area contributed by atoms with Crippen molar-refractivity contribution in [2.45, 2.75) is 37.6 Å². The van der Waals surface area contributed by atoms with E-state index in [1.165, 1.54) is 0 Å². The van der Waals surface area contributed by atoms with E-state index in [-0.39, 0.29) is 6.42 Å². The molecule has 0 aromatic carbocycles. The molecule has 2 rings (SSSR count). The summed E-state index contributed by atoms with van der Waals surface area (Å²) in [5, 5.41) is 21.1. The highest BCUT2D eigenvalue weighted by Crippen LogP contribution is 2.35. The molecule has 0 atom stereocenters. The maximum absolute atomic E-state index is 11.0. The normalized spacial score (nSPS) is 17.1. The monoisotopic (exact) mass is 245 g/mol. The van der Waals surface area contributed by atoms with Gasteiger partial charge in [0.15, 0.2) is 0 Å². The van der Waals surface area contributed by atoms with Crippen LogP contribution in [0.15, 0.2) is 18.3 Å². The van der Waals surface area contributed by atoms with E-state index in [0.29, 0.717) is 11.4 Å². The molecule has 2 N–H and O–H groups in total. The predicted octanol–water partition coefficient (Wildman–Crippen LogP) is 2.15. The molecular weight excluding hydrogens is 230 g/mol. The van der Waals surface area contributed by atoms with Crippen LogP contribution < -0.4 is 5.32 Å². The van der Waals surface area contributed by atoms with Gasteiger partial charge in [-0.15, -0.1) is 0 Å². The lowest BCUT2D eigenvalue weighted by atomic mass is 9.93. The van der Waals surface area contributed by atoms with Crippen LogP contribution in [0.1, 0.15) is 37.7 Å². The molecule has 0 unspecified atom stereocenters. The van der Waals surface area contributed by atoms with Gasteiger partial charge >= 0.3 is 5.97 Å². The van der Waals surface area contributed by atoms with Gasteiger partial charge in [-0.3, -0.25) is 4.79 Å². The molecule has 1 heterocycles. The fourth-order valence-electron chi connectivity index (χ4n) is 2.53. The predicted molar refractivity (Wildman–Crippen MR) is 66.0 cm³/mol. The van der Waals surface area contributed by atoms with E-state index in [9.17, 15) is 4.79 Å². The molecule has 0 amide bonds. The molecule has 0 radical (unpaired) electrons. The van der Waals surface area contributed by atoms with Crippen LogP contribution in [0.4, 0.5) is 5.82 Å². The van der Waals surface area contributed by atoms with E-state index in [0.717, 1.165) is 25.7 Å². The van der Waals surface area contributed by atoms with E-state index >= 15 is 0 Å². The van der Waals surface area contributed by atoms with Crippen LogP contribution in [0.2, 0.25) is 0 Å². The number of pyridine rings is 1. The first-order valence-electron chi connectivity index (χ1n) is 6.00. The molecule has 1 aromatic heterocycles. The Bertz CT molecular complexity index is 487. The lowest BCUT2D eigenvalue weighted by molar-refractivity contribution is -0.138. The molecule has 1 aromatic rings. The summed E-state index contributed by atoms with van der Waals surface area (Å²) in [6, 6.07) is 5.33. The van der Waals surface area contributed by atoms with Crippen LogP contribution in [0.3, 0.4) is 0 Å². The fraction of sp³-hybridized carbons (Fsp3) is 0.462. The first-order chi connectivity index (χ1) is 8.63. The van der Waals surface area contributed by atoms with Gasteiger partial charge in [-0.25, -0.2) is 4.98 Å². The maximum atomic E-state index is 11.0. The van der Waals surface area contributed by atoms with Crippen molar-refractivity contribution in [3.05, 3.63) is 23.9 Å². The molecule has 1 saturated carbocycles. The number of aromatic nitrogens is 1. The van der Waals surface area contributed by atoms with Crippen molar-refractivity contribution in [2.75, 3.05) is 5.32 Å². The van der Waals surface area contributed by atoms with Crippen LogP contribution in [0.5, 0.6) is 0 Å². The molecule has 18 heavy (non-hydrogen) atoms. The average molecular weight is 245 g/mol. The minimum absolute atomic E-state index is 0.0888. The highest BCUT2D eigenvalue weighted by atomic mass is 16.4. The molecule has 5 nitrogen and oxygen atoms in total. The van der Waals surface area contributed by atoms with E-state index in [1.807, 2.05) is 6.07 Å². The Kier molecular flexibility index (Phi) is 3.47. The first-order valence-corrected chi connectivity index (χ1v) is 6.00. The van der Waals surface area contributed by atoms with Crippen molar-refractivity contribution >= 4 is 11.8 Å². The molecular formula is C13H15N3O2. The maximum Gasteiger partial charge on any atom is 0.305 e. The highest BCUT2D eigenvalue weighted by Gasteiger charge is 2.36. The number of nitrogens with zero attached hydrogens (tertiary/aromatic N) is 2. The van der Waals surface area contributed by atoms with Crippen molar-refractivity contribution in [1.82, 2.24) is 4.98 Å². The second kappa shape index (κ2) is 5.05. The van der Waals surface area contributed by atoms with Gasteiger partial charge < -0.3 is 10.4 Å². The summed E-state index contributed by atoms with van der Waals surface area (Å²) < 4.78 is 0. The zero-order chi connectivity index (χ0) is 13.0. The van der Waals surface area contributed by atoms with E-state index in [1.54, 1.807) is 18.3 Å². The fourth-order valence-corrected chi connectivity index (χ4v) is 2.53. The summed E-state index contributed by atoms with van der Waals surface area (Å²) in [6.45, 7) is 0. The lowest BCUT2D eigenvalue weighted by Gasteiger charge is -2.29. The summed E-state index contributed by atoms with van der Waals surface area (Å²) >= 11 is 0. The van der Waals surface area contributed by atoms with Gasteiger partial charge in [-0.05, 0) is 25.0 Å². The molecule has 0 bridgehead atoms. The lowest BCUT2D eigenvalue weighted by Crippen LogP contribution is -2.37. The third-order valence-corrected chi connectivity index (χ3v) is 3.33. The molecule has 1 aliphatic carbocycles. The molecule has 0 saturated heterocycles. The number of anilines is 1. The van der Waals surface area contributed by atoms with Gasteiger partial charge in [0.2, 0.25) is 0 Å². The first kappa shape index (κ1) is 12.4. The van der Waals surface area contributed by atoms with Crippen LogP contribution in [-0.4, -0.2) is 21.6 Å². The number of aliphatic carboxylic acids is 1. The van der Waals surface area contributed by atoms with Crippen molar-refractivity contribution in [1.29, 1.82) is 5.26 Å². The standard InChI is InChI=1S/C13H15N3O2/c14-9-10-3-6-15-11(7-10)16-13(8-12(17)18)4-1-2-5-13/h3,6-7H,1-2,4-5,8H2,(H,15,16)(H,17,18). The second-order valence-electron chi connectivity index (χ2n) is 4.72. The summed E-state index contributed by atoms with van der Waals surface area (Å²) in [5.41, 5.74) is 0.114. The number of nitriles is 1. The average Bonchev–Trinajstić information content (AvgIpc) is 2.76. The molecule has 5 heteroatoms. The molecule has 1 fully saturated rings. The zero-order valence-corrected chi connectivity index (χ0v) is 10.0. The molecule has 1 aliphatic rings. The Hall–Kier alpha value is -2.09. The quantitative estimate of drug-likeness (QED) is 0.848. The largest absolute Gasteiger partial charge is 0.481 e. The van der Waals surface area contributed by atoms with Gasteiger partial charge in [-0.2, -0.15) is 5.26 Å². The van der Waals surface area contributed by atoms with Gasteiger partial charge in [-0.1, -0.05) is 12.8 Å². The summed E-state index contributed by atoms with van der Waals surface area (Å²) in [6.07, 6.45) is 5.36. The molecule has 0 spiro atoms. The van der Waals surface area contributed by atoms with Crippen molar-refractivity contribution in [3.8, 4) is 6.07 Å². The second-order valence-corrected chi connectivity index (χ2v) is 4.72. The van der Waals surface area contributed by atoms with Gasteiger partial charge in [0.1, 0.15) is 5.82 Å². The van der Waals surface area contributed by atoms with E-state index in [2.05, 4.69) is 10.3 Å². The Morgan fingerprint density at radius 3 is 2.89 bits per heavy atom. The Labute approximate surface area is 105 Å². The molecule has 0 aliphatic heterocycles. The summed E-state index contributed by atoms with van der Waals surface area (Å²) in [7, 11) is 0. The van der Waals surface area contributed by atoms with Crippen molar-refractivity contribution in [2.24, 2.45) is 0 Å². The number of carboxylic acid groups (broad SMARTS) is 1. The minimum Gasteiger partial charge on any atom is -0.481 e. The van der Waals surface area contributed by atoms with Gasteiger partial charge in [0.05, 0.1) is 18.1 Å². The Balaban J connectivity index is 2.18. The number of hydrogen-bond acceptors (Lipinski definition) is 4. The van der Waals surface area contributed by atoms with Crippen LogP contribution in [-0.2, 0) is 4.79 Å². The van der Waals surface area contributed by atoms with Crippen molar-refractivity contribution in [3.63, 3.8) is 0 Å². The topological polar surface area (TPSA) is 86.0 Å². The van der Waals surface area contributed by atoms with Crippen LogP contribution in [0, 0.1) is 11.3 Å². The van der Waals surface area contributed by atoms with Gasteiger partial charge in [0, 0.05) is 11.7 Å². The smallest absolute Gasteiger partial charge is 0.305 e. The third-order valence-electron chi connectivity index (χ3n) is 3.33. The number of rotatable bonds is 4. The van der Waals surface area contributed by atoms with Gasteiger partial charge in [0.25, 0.3) is 0 Å². The van der Waals surface area contributed by atoms with Crippen LogP contribution in [0.25, 0.3) is 0 Å². The number of carbonyl (C=O) groups is 1. The molecule has 94 valence electrons. The zero-order valence-electron chi connectivity index (χ0n) is 10.0. The number of hydrogen-bond donors (Lipinski definition) is 2. The number of nitrogens with one attached hydrogen (secondary N) is 1. The number of carboxylic acids is 1. The third kappa shape index (κ3) is 2.77. The van der Waals surface area contributed by atoms with E-state index in [4.69, 9.17) is 10.4 Å². The van der Waals surface area contributed by atoms with E-state index < -0.39 is 11.5 Å².